The van der Waals surface area contributed by atoms with Gasteiger partial charge in [-0.05, 0) is 19.1 Å². The molecule has 0 spiro atoms. The number of hydrogen-bond donors (Lipinski definition) is 1. The van der Waals surface area contributed by atoms with Gasteiger partial charge in [-0.1, -0.05) is 17.7 Å². The van der Waals surface area contributed by atoms with Crippen molar-refractivity contribution in [3.05, 3.63) is 28.8 Å². The van der Waals surface area contributed by atoms with Crippen LogP contribution in [0.3, 0.4) is 0 Å². The van der Waals surface area contributed by atoms with Crippen LogP contribution in [0.5, 0.6) is 0 Å². The van der Waals surface area contributed by atoms with Gasteiger partial charge in [0.15, 0.2) is 0 Å². The summed E-state index contributed by atoms with van der Waals surface area (Å²) in [4.78, 5) is 5.02. The van der Waals surface area contributed by atoms with E-state index < -0.39 is 0 Å². The zero-order valence-corrected chi connectivity index (χ0v) is 12.3. The lowest BCUT2D eigenvalue weighted by Crippen LogP contribution is -2.45. The Morgan fingerprint density at radius 3 is 2.84 bits per heavy atom. The highest BCUT2D eigenvalue weighted by molar-refractivity contribution is 6.32. The van der Waals surface area contributed by atoms with Crippen molar-refractivity contribution in [3.63, 3.8) is 0 Å². The van der Waals surface area contributed by atoms with E-state index in [1.165, 1.54) is 11.3 Å². The van der Waals surface area contributed by atoms with Crippen LogP contribution < -0.4 is 10.2 Å². The monoisotopic (exact) mass is 279 g/mol. The van der Waals surface area contributed by atoms with Crippen LogP contribution >= 0.6 is 11.6 Å². The molecule has 1 atom stereocenters. The van der Waals surface area contributed by atoms with Crippen molar-refractivity contribution in [1.29, 1.82) is 0 Å². The zero-order valence-electron chi connectivity index (χ0n) is 11.5. The standard InChI is InChI=1S/C15H22ClN3/c1-2-19-11-12(10-18-8-6-17-7-9-18)15-13(16)4-3-5-14(15)19/h3-5,12,17H,2,6-11H2,1H3. The summed E-state index contributed by atoms with van der Waals surface area (Å²) in [5.41, 5.74) is 2.71. The number of hydrogen-bond acceptors (Lipinski definition) is 3. The molecule has 0 radical (unpaired) electrons. The van der Waals surface area contributed by atoms with Crippen molar-refractivity contribution in [3.8, 4) is 0 Å². The van der Waals surface area contributed by atoms with Gasteiger partial charge in [0.05, 0.1) is 0 Å². The van der Waals surface area contributed by atoms with Crippen LogP contribution in [0.4, 0.5) is 5.69 Å². The fourth-order valence-corrected chi connectivity index (χ4v) is 3.64. The third kappa shape index (κ3) is 2.60. The Bertz CT molecular complexity index is 443. The van der Waals surface area contributed by atoms with E-state index in [2.05, 4.69) is 34.2 Å². The molecule has 1 aromatic carbocycles. The van der Waals surface area contributed by atoms with Crippen molar-refractivity contribution in [2.45, 2.75) is 12.8 Å². The van der Waals surface area contributed by atoms with Crippen molar-refractivity contribution in [1.82, 2.24) is 10.2 Å². The molecule has 2 heterocycles. The van der Waals surface area contributed by atoms with Crippen LogP contribution in [-0.2, 0) is 0 Å². The summed E-state index contributed by atoms with van der Waals surface area (Å²) in [6.45, 7) is 10.1. The Balaban J connectivity index is 1.80. The maximum absolute atomic E-state index is 6.45. The number of benzene rings is 1. The summed E-state index contributed by atoms with van der Waals surface area (Å²) in [5, 5.41) is 4.35. The summed E-state index contributed by atoms with van der Waals surface area (Å²) >= 11 is 6.45. The van der Waals surface area contributed by atoms with E-state index in [0.717, 1.165) is 50.8 Å². The van der Waals surface area contributed by atoms with E-state index in [4.69, 9.17) is 11.6 Å². The minimum atomic E-state index is 0.557. The van der Waals surface area contributed by atoms with Crippen molar-refractivity contribution in [2.24, 2.45) is 0 Å². The molecule has 0 amide bonds. The highest BCUT2D eigenvalue weighted by Crippen LogP contribution is 2.40. The van der Waals surface area contributed by atoms with Crippen molar-refractivity contribution in [2.75, 3.05) is 50.7 Å². The lowest BCUT2D eigenvalue weighted by atomic mass is 10.0. The van der Waals surface area contributed by atoms with Crippen LogP contribution in [-0.4, -0.2) is 50.7 Å². The van der Waals surface area contributed by atoms with Gasteiger partial charge in [0.2, 0.25) is 0 Å². The molecule has 1 N–H and O–H groups in total. The second-order valence-corrected chi connectivity index (χ2v) is 5.87. The number of anilines is 1. The molecule has 0 aromatic heterocycles. The number of piperazine rings is 1. The molecule has 19 heavy (non-hydrogen) atoms. The van der Waals surface area contributed by atoms with Gasteiger partial charge in [-0.15, -0.1) is 0 Å². The number of nitrogens with one attached hydrogen (secondary N) is 1. The molecule has 3 rings (SSSR count). The van der Waals surface area contributed by atoms with Crippen molar-refractivity contribution >= 4 is 17.3 Å². The molecule has 1 fully saturated rings. The molecule has 1 unspecified atom stereocenters. The van der Waals surface area contributed by atoms with E-state index in [-0.39, 0.29) is 0 Å². The van der Waals surface area contributed by atoms with Gasteiger partial charge in [0.25, 0.3) is 0 Å². The van der Waals surface area contributed by atoms with E-state index in [1.54, 1.807) is 0 Å². The first-order valence-corrected chi connectivity index (χ1v) is 7.64. The lowest BCUT2D eigenvalue weighted by molar-refractivity contribution is 0.229. The molecule has 4 heteroatoms. The lowest BCUT2D eigenvalue weighted by Gasteiger charge is -2.30. The highest BCUT2D eigenvalue weighted by atomic mass is 35.5. The molecular weight excluding hydrogens is 258 g/mol. The molecule has 104 valence electrons. The maximum Gasteiger partial charge on any atom is 0.0462 e. The number of halogens is 1. The third-order valence-corrected chi connectivity index (χ3v) is 4.62. The van der Waals surface area contributed by atoms with Gasteiger partial charge in [0, 0.05) is 68.0 Å². The van der Waals surface area contributed by atoms with E-state index in [1.807, 2.05) is 6.07 Å². The van der Waals surface area contributed by atoms with Gasteiger partial charge in [-0.2, -0.15) is 0 Å². The smallest absolute Gasteiger partial charge is 0.0462 e. The van der Waals surface area contributed by atoms with Crippen LogP contribution in [0.15, 0.2) is 18.2 Å². The van der Waals surface area contributed by atoms with Crippen LogP contribution in [0.2, 0.25) is 5.02 Å². The highest BCUT2D eigenvalue weighted by Gasteiger charge is 2.31. The molecular formula is C15H22ClN3. The Hall–Kier alpha value is -0.770. The number of fused-ring (bicyclic) bond motifs is 1. The summed E-state index contributed by atoms with van der Waals surface area (Å²) in [5.74, 6) is 0.557. The Labute approximate surface area is 120 Å². The molecule has 0 bridgehead atoms. The largest absolute Gasteiger partial charge is 0.371 e. The molecule has 2 aliphatic rings. The Kier molecular flexibility index (Phi) is 3.96. The predicted molar refractivity (Wildman–Crippen MR) is 81.4 cm³/mol. The third-order valence-electron chi connectivity index (χ3n) is 4.29. The number of nitrogens with zero attached hydrogens (tertiary/aromatic N) is 2. The molecule has 0 saturated carbocycles. The SMILES string of the molecule is CCN1CC(CN2CCNCC2)c2c(Cl)cccc21. The second-order valence-electron chi connectivity index (χ2n) is 5.46. The molecule has 2 aliphatic heterocycles. The van der Waals surface area contributed by atoms with E-state index in [0.29, 0.717) is 5.92 Å². The maximum atomic E-state index is 6.45. The minimum Gasteiger partial charge on any atom is -0.371 e. The van der Waals surface area contributed by atoms with Gasteiger partial charge in [-0.25, -0.2) is 0 Å². The predicted octanol–water partition coefficient (Wildman–Crippen LogP) is 2.17. The molecule has 1 saturated heterocycles. The quantitative estimate of drug-likeness (QED) is 0.915. The summed E-state index contributed by atoms with van der Waals surface area (Å²) in [6, 6.07) is 6.31. The van der Waals surface area contributed by atoms with E-state index in [9.17, 15) is 0 Å². The fraction of sp³-hybridized carbons (Fsp3) is 0.600. The molecule has 3 nitrogen and oxygen atoms in total. The Morgan fingerprint density at radius 1 is 1.32 bits per heavy atom. The Morgan fingerprint density at radius 2 is 2.11 bits per heavy atom. The minimum absolute atomic E-state index is 0.557. The number of rotatable bonds is 3. The topological polar surface area (TPSA) is 18.5 Å². The van der Waals surface area contributed by atoms with Crippen molar-refractivity contribution < 1.29 is 0 Å². The van der Waals surface area contributed by atoms with Gasteiger partial charge in [0.1, 0.15) is 0 Å². The molecule has 1 aromatic rings. The molecule has 0 aliphatic carbocycles. The van der Waals surface area contributed by atoms with Crippen LogP contribution in [0.25, 0.3) is 0 Å². The zero-order chi connectivity index (χ0) is 13.2. The van der Waals surface area contributed by atoms with Gasteiger partial charge < -0.3 is 15.1 Å². The van der Waals surface area contributed by atoms with Gasteiger partial charge >= 0.3 is 0 Å². The average molecular weight is 280 g/mol. The fourth-order valence-electron chi connectivity index (χ4n) is 3.32. The van der Waals surface area contributed by atoms with Gasteiger partial charge in [-0.3, -0.25) is 0 Å². The normalized spacial score (nSPS) is 23.7. The number of likely N-dealkylation sites (N-methyl/N-ethyl adjacent to an activating group) is 1. The average Bonchev–Trinajstić information content (AvgIpc) is 2.79. The first-order chi connectivity index (χ1) is 9.29. The first kappa shape index (κ1) is 13.2. The summed E-state index contributed by atoms with van der Waals surface area (Å²) < 4.78 is 0. The summed E-state index contributed by atoms with van der Waals surface area (Å²) in [7, 11) is 0. The summed E-state index contributed by atoms with van der Waals surface area (Å²) in [6.07, 6.45) is 0. The van der Waals surface area contributed by atoms with Crippen LogP contribution in [0.1, 0.15) is 18.4 Å². The van der Waals surface area contributed by atoms with Crippen LogP contribution in [0, 0.1) is 0 Å². The first-order valence-electron chi connectivity index (χ1n) is 7.26. The second kappa shape index (κ2) is 5.70. The van der Waals surface area contributed by atoms with E-state index >= 15 is 0 Å².